The van der Waals surface area contributed by atoms with Crippen molar-refractivity contribution in [3.8, 4) is 11.5 Å². The first-order chi connectivity index (χ1) is 21.9. The van der Waals surface area contributed by atoms with Crippen molar-refractivity contribution in [1.82, 2.24) is 30.1 Å². The molecule has 5 aromatic rings. The highest BCUT2D eigenvalue weighted by Crippen LogP contribution is 2.32. The number of methoxy groups -OCH3 is 2. The highest BCUT2D eigenvalue weighted by molar-refractivity contribution is 5.82. The molecule has 0 spiro atoms. The standard InChI is InChI=1S/C34H37FN6O4/c1-22-8-6-10-24-19-27(34(42)36-31(22)24)32(33-37-38-39-41(33)21-26-11-7-17-45-26)40(20-25-9-4-5-12-28(25)35)16-15-23-13-14-29(43-2)30(18-23)44-3/h4-6,8-10,12-14,18-19,26,32H,7,11,15-17,20-21H2,1-3H3,(H,36,42). The molecule has 45 heavy (non-hydrogen) atoms. The predicted octanol–water partition coefficient (Wildman–Crippen LogP) is 4.99. The maximum atomic E-state index is 15.2. The lowest BCUT2D eigenvalue weighted by molar-refractivity contribution is 0.0906. The zero-order chi connectivity index (χ0) is 31.3. The number of hydrogen-bond donors (Lipinski definition) is 1. The van der Waals surface area contributed by atoms with Gasteiger partial charge in [-0.25, -0.2) is 9.07 Å². The summed E-state index contributed by atoms with van der Waals surface area (Å²) in [4.78, 5) is 19.1. The molecule has 6 rings (SSSR count). The molecule has 0 amide bonds. The quantitative estimate of drug-likeness (QED) is 0.210. The lowest BCUT2D eigenvalue weighted by atomic mass is 10.00. The molecule has 10 nitrogen and oxygen atoms in total. The molecule has 3 aromatic carbocycles. The van der Waals surface area contributed by atoms with Crippen molar-refractivity contribution in [3.63, 3.8) is 0 Å². The van der Waals surface area contributed by atoms with Crippen LogP contribution >= 0.6 is 0 Å². The van der Waals surface area contributed by atoms with Crippen LogP contribution in [-0.4, -0.2) is 63.6 Å². The first kappa shape index (κ1) is 30.4. The van der Waals surface area contributed by atoms with Crippen LogP contribution in [0.15, 0.2) is 71.5 Å². The molecule has 3 heterocycles. The molecule has 1 fully saturated rings. The summed E-state index contributed by atoms with van der Waals surface area (Å²) in [7, 11) is 3.20. The van der Waals surface area contributed by atoms with Gasteiger partial charge in [0.2, 0.25) is 0 Å². The van der Waals surface area contributed by atoms with Gasteiger partial charge in [0.05, 0.1) is 32.4 Å². The number of rotatable bonds is 12. The van der Waals surface area contributed by atoms with Gasteiger partial charge in [0.1, 0.15) is 11.9 Å². The Labute approximate surface area is 260 Å². The second-order valence-electron chi connectivity index (χ2n) is 11.4. The largest absolute Gasteiger partial charge is 0.493 e. The molecule has 1 aliphatic rings. The van der Waals surface area contributed by atoms with E-state index in [0.717, 1.165) is 34.9 Å². The van der Waals surface area contributed by atoms with E-state index in [1.54, 1.807) is 31.0 Å². The Hall–Kier alpha value is -4.61. The van der Waals surface area contributed by atoms with Gasteiger partial charge < -0.3 is 19.2 Å². The Balaban J connectivity index is 1.47. The molecule has 1 N–H and O–H groups in total. The number of ether oxygens (including phenoxy) is 3. The van der Waals surface area contributed by atoms with E-state index in [1.807, 2.05) is 55.5 Å². The molecule has 234 valence electrons. The Morgan fingerprint density at radius 1 is 1.09 bits per heavy atom. The summed E-state index contributed by atoms with van der Waals surface area (Å²) in [6.07, 6.45) is 2.42. The number of aromatic nitrogens is 5. The van der Waals surface area contributed by atoms with E-state index >= 15 is 4.39 Å². The normalized spacial score (nSPS) is 15.5. The third-order valence-corrected chi connectivity index (χ3v) is 8.45. The van der Waals surface area contributed by atoms with Crippen molar-refractivity contribution in [3.05, 3.63) is 111 Å². The van der Waals surface area contributed by atoms with Gasteiger partial charge in [-0.15, -0.1) is 5.10 Å². The highest BCUT2D eigenvalue weighted by atomic mass is 19.1. The molecule has 2 atom stereocenters. The lowest BCUT2D eigenvalue weighted by Crippen LogP contribution is -2.37. The molecule has 2 unspecified atom stereocenters. The van der Waals surface area contributed by atoms with Crippen LogP contribution in [0.4, 0.5) is 4.39 Å². The average Bonchev–Trinajstić information content (AvgIpc) is 3.74. The van der Waals surface area contributed by atoms with Crippen molar-refractivity contribution < 1.29 is 18.6 Å². The number of nitrogens with one attached hydrogen (secondary N) is 1. The second-order valence-corrected chi connectivity index (χ2v) is 11.4. The fourth-order valence-electron chi connectivity index (χ4n) is 6.07. The molecule has 1 saturated heterocycles. The van der Waals surface area contributed by atoms with Crippen LogP contribution in [0.3, 0.4) is 0 Å². The van der Waals surface area contributed by atoms with Crippen LogP contribution in [0.1, 0.15) is 47.0 Å². The van der Waals surface area contributed by atoms with E-state index in [2.05, 4.69) is 25.4 Å². The van der Waals surface area contributed by atoms with Crippen molar-refractivity contribution in [2.45, 2.75) is 51.4 Å². The van der Waals surface area contributed by atoms with Crippen molar-refractivity contribution in [1.29, 1.82) is 0 Å². The van der Waals surface area contributed by atoms with Gasteiger partial charge in [-0.2, -0.15) is 0 Å². The number of halogens is 1. The topological polar surface area (TPSA) is 107 Å². The van der Waals surface area contributed by atoms with E-state index in [9.17, 15) is 4.79 Å². The molecule has 0 aliphatic carbocycles. The van der Waals surface area contributed by atoms with Crippen molar-refractivity contribution in [2.24, 2.45) is 0 Å². The monoisotopic (exact) mass is 612 g/mol. The van der Waals surface area contributed by atoms with Crippen molar-refractivity contribution in [2.75, 3.05) is 27.4 Å². The number of fused-ring (bicyclic) bond motifs is 1. The van der Waals surface area contributed by atoms with E-state index in [-0.39, 0.29) is 24.0 Å². The number of pyridine rings is 1. The van der Waals surface area contributed by atoms with E-state index in [1.165, 1.54) is 6.07 Å². The SMILES string of the molecule is COc1ccc(CCN(Cc2ccccc2F)C(c2cc3cccc(C)c3[nH]c2=O)c2nnnn2CC2CCCO2)cc1OC. The summed E-state index contributed by atoms with van der Waals surface area (Å²) >= 11 is 0. The van der Waals surface area contributed by atoms with Crippen molar-refractivity contribution >= 4 is 10.9 Å². The van der Waals surface area contributed by atoms with Gasteiger partial charge in [-0.3, -0.25) is 9.69 Å². The summed E-state index contributed by atoms with van der Waals surface area (Å²) in [5.41, 5.74) is 3.45. The minimum absolute atomic E-state index is 0.0304. The zero-order valence-electron chi connectivity index (χ0n) is 25.7. The van der Waals surface area contributed by atoms with E-state index in [4.69, 9.17) is 14.2 Å². The summed E-state index contributed by atoms with van der Waals surface area (Å²) in [5.74, 6) is 1.42. The number of hydrogen-bond acceptors (Lipinski definition) is 8. The third-order valence-electron chi connectivity index (χ3n) is 8.45. The Morgan fingerprint density at radius 3 is 2.71 bits per heavy atom. The summed E-state index contributed by atoms with van der Waals surface area (Å²) in [6.45, 7) is 3.77. The fourth-order valence-corrected chi connectivity index (χ4v) is 6.07. The third kappa shape index (κ3) is 6.59. The number of tetrazole rings is 1. The summed E-state index contributed by atoms with van der Waals surface area (Å²) in [5, 5.41) is 13.8. The average molecular weight is 613 g/mol. The van der Waals surface area contributed by atoms with Gasteiger partial charge in [0.15, 0.2) is 17.3 Å². The molecule has 2 aromatic heterocycles. The maximum absolute atomic E-state index is 15.2. The van der Waals surface area contributed by atoms with Gasteiger partial charge in [-0.1, -0.05) is 42.5 Å². The Morgan fingerprint density at radius 2 is 1.93 bits per heavy atom. The lowest BCUT2D eigenvalue weighted by Gasteiger charge is -2.31. The summed E-state index contributed by atoms with van der Waals surface area (Å²) in [6, 6.07) is 19.6. The van der Waals surface area contributed by atoms with Crippen LogP contribution in [0, 0.1) is 12.7 Å². The first-order valence-electron chi connectivity index (χ1n) is 15.1. The molecule has 0 radical (unpaired) electrons. The second kappa shape index (κ2) is 13.6. The Kier molecular flexibility index (Phi) is 9.18. The summed E-state index contributed by atoms with van der Waals surface area (Å²) < 4.78 is 33.8. The van der Waals surface area contributed by atoms with Crippen LogP contribution in [0.5, 0.6) is 11.5 Å². The number of H-pyrrole nitrogens is 1. The van der Waals surface area contributed by atoms with Crippen LogP contribution in [0.25, 0.3) is 10.9 Å². The minimum Gasteiger partial charge on any atom is -0.493 e. The molecule has 1 aliphatic heterocycles. The molecular weight excluding hydrogens is 575 g/mol. The number of aryl methyl sites for hydroxylation is 1. The first-order valence-corrected chi connectivity index (χ1v) is 15.1. The fraction of sp³-hybridized carbons (Fsp3) is 0.353. The molecule has 0 bridgehead atoms. The van der Waals surface area contributed by atoms with Crippen LogP contribution in [-0.2, 0) is 24.2 Å². The maximum Gasteiger partial charge on any atom is 0.253 e. The van der Waals surface area contributed by atoms with Gasteiger partial charge >= 0.3 is 0 Å². The smallest absolute Gasteiger partial charge is 0.253 e. The molecular formula is C34H37FN6O4. The Bertz CT molecular complexity index is 1830. The number of benzene rings is 3. The van der Waals surface area contributed by atoms with E-state index in [0.29, 0.717) is 54.6 Å². The number of nitrogens with zero attached hydrogens (tertiary/aromatic N) is 5. The van der Waals surface area contributed by atoms with E-state index < -0.39 is 6.04 Å². The van der Waals surface area contributed by atoms with Gasteiger partial charge in [0.25, 0.3) is 5.56 Å². The molecule has 0 saturated carbocycles. The number of aromatic amines is 1. The van der Waals surface area contributed by atoms with Crippen LogP contribution in [0.2, 0.25) is 0 Å². The predicted molar refractivity (Wildman–Crippen MR) is 168 cm³/mol. The number of para-hydroxylation sites is 1. The minimum atomic E-state index is -0.699. The van der Waals surface area contributed by atoms with Gasteiger partial charge in [0, 0.05) is 30.8 Å². The highest BCUT2D eigenvalue weighted by Gasteiger charge is 2.32. The zero-order valence-corrected chi connectivity index (χ0v) is 25.7. The molecule has 11 heteroatoms. The van der Waals surface area contributed by atoms with Gasteiger partial charge in [-0.05, 0) is 77.4 Å². The van der Waals surface area contributed by atoms with Crippen LogP contribution < -0.4 is 15.0 Å².